The number of hydrogen-bond acceptors (Lipinski definition) is 3. The van der Waals surface area contributed by atoms with E-state index in [2.05, 4.69) is 5.32 Å². The number of hydrogen-bond donors (Lipinski definition) is 1. The second-order valence-electron chi connectivity index (χ2n) is 7.80. The molecule has 0 heterocycles. The Balaban J connectivity index is 1.73. The lowest BCUT2D eigenvalue weighted by Gasteiger charge is -2.24. The number of aryl methyl sites for hydroxylation is 1. The van der Waals surface area contributed by atoms with Crippen LogP contribution in [0.3, 0.4) is 0 Å². The van der Waals surface area contributed by atoms with Crippen molar-refractivity contribution in [1.29, 1.82) is 0 Å². The molecule has 0 aromatic heterocycles. The van der Waals surface area contributed by atoms with Gasteiger partial charge in [-0.15, -0.1) is 0 Å². The second kappa shape index (κ2) is 11.1. The minimum Gasteiger partial charge on any atom is -0.345 e. The highest BCUT2D eigenvalue weighted by Gasteiger charge is 2.22. The topological polar surface area (TPSA) is 66.5 Å². The lowest BCUT2D eigenvalue weighted by Crippen LogP contribution is -2.33. The summed E-state index contributed by atoms with van der Waals surface area (Å²) in [6.07, 6.45) is 1.57. The van der Waals surface area contributed by atoms with Crippen molar-refractivity contribution >= 4 is 44.8 Å². The second-order valence-corrected chi connectivity index (χ2v) is 10.6. The van der Waals surface area contributed by atoms with Gasteiger partial charge < -0.3 is 5.32 Å². The van der Waals surface area contributed by atoms with E-state index in [0.29, 0.717) is 17.1 Å². The minimum absolute atomic E-state index is 0.104. The first-order chi connectivity index (χ1) is 15.7. The third-order valence-corrected chi connectivity index (χ3v) is 7.01. The summed E-state index contributed by atoms with van der Waals surface area (Å²) in [4.78, 5) is 12.9. The number of carbonyl (C=O) groups is 1. The van der Waals surface area contributed by atoms with Gasteiger partial charge in [-0.25, -0.2) is 8.42 Å². The van der Waals surface area contributed by atoms with Gasteiger partial charge in [-0.1, -0.05) is 77.8 Å². The summed E-state index contributed by atoms with van der Waals surface area (Å²) in [6, 6.07) is 22.0. The average Bonchev–Trinajstić information content (AvgIpc) is 2.77. The van der Waals surface area contributed by atoms with Crippen molar-refractivity contribution in [3.8, 4) is 0 Å². The van der Waals surface area contributed by atoms with E-state index in [1.807, 2.05) is 61.5 Å². The zero-order valence-electron chi connectivity index (χ0n) is 18.5. The quantitative estimate of drug-likeness (QED) is 0.403. The van der Waals surface area contributed by atoms with Crippen LogP contribution in [-0.4, -0.2) is 27.1 Å². The fourth-order valence-corrected chi connectivity index (χ4v) is 5.06. The highest BCUT2D eigenvalue weighted by molar-refractivity contribution is 7.92. The highest BCUT2D eigenvalue weighted by Crippen LogP contribution is 2.31. The number of carbonyl (C=O) groups excluding carboxylic acids is 1. The number of benzene rings is 3. The predicted octanol–water partition coefficient (Wildman–Crippen LogP) is 5.75. The molecule has 33 heavy (non-hydrogen) atoms. The number of amides is 1. The summed E-state index contributed by atoms with van der Waals surface area (Å²) < 4.78 is 25.9. The van der Waals surface area contributed by atoms with Gasteiger partial charge in [0.2, 0.25) is 15.9 Å². The monoisotopic (exact) mass is 504 g/mol. The normalized spacial score (nSPS) is 12.2. The van der Waals surface area contributed by atoms with Gasteiger partial charge in [0.15, 0.2) is 0 Å². The maximum absolute atomic E-state index is 12.9. The third-order valence-electron chi connectivity index (χ3n) is 5.28. The van der Waals surface area contributed by atoms with E-state index < -0.39 is 10.0 Å². The average molecular weight is 505 g/mol. The van der Waals surface area contributed by atoms with E-state index in [0.717, 1.165) is 22.9 Å². The molecule has 0 radical (unpaired) electrons. The standard InChI is InChI=1S/C25H26Cl2N2O3S/c1-18-9-6-7-12-21(18)25(19-10-4-3-5-11-19)28-24(30)13-8-16-29(33(2,31)32)23-17-20(26)14-15-22(23)27/h3-7,9-12,14-15,17,25H,8,13,16H2,1-2H3,(H,28,30)/t25-/m0/s1. The van der Waals surface area contributed by atoms with Crippen LogP contribution in [0.1, 0.15) is 35.6 Å². The molecule has 0 saturated carbocycles. The molecule has 0 aliphatic heterocycles. The van der Waals surface area contributed by atoms with Gasteiger partial charge >= 0.3 is 0 Å². The first-order valence-corrected chi connectivity index (χ1v) is 13.1. The Labute approximate surface area is 205 Å². The number of nitrogens with zero attached hydrogens (tertiary/aromatic N) is 1. The molecule has 0 aliphatic rings. The SMILES string of the molecule is Cc1ccccc1[C@@H](NC(=O)CCCN(c1cc(Cl)ccc1Cl)S(C)(=O)=O)c1ccccc1. The summed E-state index contributed by atoms with van der Waals surface area (Å²) >= 11 is 12.3. The van der Waals surface area contributed by atoms with Crippen molar-refractivity contribution in [2.24, 2.45) is 0 Å². The summed E-state index contributed by atoms with van der Waals surface area (Å²) in [7, 11) is -3.61. The van der Waals surface area contributed by atoms with Gasteiger partial charge in [0.1, 0.15) is 0 Å². The Bertz CT molecular complexity index is 1220. The van der Waals surface area contributed by atoms with E-state index >= 15 is 0 Å². The molecule has 174 valence electrons. The van der Waals surface area contributed by atoms with Crippen LogP contribution in [0, 0.1) is 6.92 Å². The summed E-state index contributed by atoms with van der Waals surface area (Å²) in [6.45, 7) is 2.11. The molecule has 3 rings (SSSR count). The zero-order valence-corrected chi connectivity index (χ0v) is 20.8. The van der Waals surface area contributed by atoms with Crippen LogP contribution in [0.25, 0.3) is 0 Å². The predicted molar refractivity (Wildman–Crippen MR) is 135 cm³/mol. The van der Waals surface area contributed by atoms with Crippen LogP contribution >= 0.6 is 23.2 Å². The third kappa shape index (κ3) is 6.73. The van der Waals surface area contributed by atoms with Gasteiger partial charge in [0.05, 0.1) is 23.0 Å². The van der Waals surface area contributed by atoms with E-state index in [4.69, 9.17) is 23.2 Å². The molecule has 3 aromatic carbocycles. The molecule has 0 bridgehead atoms. The van der Waals surface area contributed by atoms with Crippen molar-refractivity contribution < 1.29 is 13.2 Å². The highest BCUT2D eigenvalue weighted by atomic mass is 35.5. The maximum atomic E-state index is 12.9. The number of halogens is 2. The van der Waals surface area contributed by atoms with Crippen molar-refractivity contribution in [2.45, 2.75) is 25.8 Å². The Morgan fingerprint density at radius 2 is 1.67 bits per heavy atom. The minimum atomic E-state index is -3.61. The molecule has 0 saturated heterocycles. The van der Waals surface area contributed by atoms with Crippen LogP contribution in [0.2, 0.25) is 10.0 Å². The largest absolute Gasteiger partial charge is 0.345 e. The fourth-order valence-electron chi connectivity index (χ4n) is 3.66. The first-order valence-electron chi connectivity index (χ1n) is 10.5. The number of anilines is 1. The van der Waals surface area contributed by atoms with E-state index in [-0.39, 0.29) is 29.9 Å². The summed E-state index contributed by atoms with van der Waals surface area (Å²) in [5, 5.41) is 3.76. The maximum Gasteiger partial charge on any atom is 0.232 e. The molecule has 0 unspecified atom stereocenters. The number of nitrogens with one attached hydrogen (secondary N) is 1. The van der Waals surface area contributed by atoms with Gasteiger partial charge in [-0.3, -0.25) is 9.10 Å². The van der Waals surface area contributed by atoms with Gasteiger partial charge in [0, 0.05) is 18.0 Å². The fraction of sp³-hybridized carbons (Fsp3) is 0.240. The molecule has 5 nitrogen and oxygen atoms in total. The van der Waals surface area contributed by atoms with Crippen LogP contribution in [0.4, 0.5) is 5.69 Å². The van der Waals surface area contributed by atoms with E-state index in [1.54, 1.807) is 12.1 Å². The first kappa shape index (κ1) is 25.1. The molecular formula is C25H26Cl2N2O3S. The van der Waals surface area contributed by atoms with Crippen molar-refractivity contribution in [3.63, 3.8) is 0 Å². The molecule has 1 amide bonds. The molecule has 8 heteroatoms. The van der Waals surface area contributed by atoms with Crippen molar-refractivity contribution in [3.05, 3.63) is 99.5 Å². The van der Waals surface area contributed by atoms with Crippen LogP contribution in [0.15, 0.2) is 72.8 Å². The Morgan fingerprint density at radius 3 is 2.33 bits per heavy atom. The number of rotatable bonds is 9. The molecule has 3 aromatic rings. The molecular weight excluding hydrogens is 479 g/mol. The van der Waals surface area contributed by atoms with Crippen molar-refractivity contribution in [2.75, 3.05) is 17.1 Å². The van der Waals surface area contributed by atoms with Crippen LogP contribution < -0.4 is 9.62 Å². The summed E-state index contributed by atoms with van der Waals surface area (Å²) in [5.41, 5.74) is 3.36. The van der Waals surface area contributed by atoms with Crippen LogP contribution in [0.5, 0.6) is 0 Å². The lowest BCUT2D eigenvalue weighted by atomic mass is 9.95. The molecule has 1 atom stereocenters. The van der Waals surface area contributed by atoms with E-state index in [1.165, 1.54) is 10.4 Å². The van der Waals surface area contributed by atoms with Gasteiger partial charge in [-0.2, -0.15) is 0 Å². The smallest absolute Gasteiger partial charge is 0.232 e. The molecule has 0 fully saturated rings. The Kier molecular flexibility index (Phi) is 8.40. The number of sulfonamides is 1. The Morgan fingerprint density at radius 1 is 1.00 bits per heavy atom. The Hall–Kier alpha value is -2.54. The van der Waals surface area contributed by atoms with Gasteiger partial charge in [0.25, 0.3) is 0 Å². The molecule has 0 spiro atoms. The van der Waals surface area contributed by atoms with Crippen LogP contribution in [-0.2, 0) is 14.8 Å². The van der Waals surface area contributed by atoms with Gasteiger partial charge in [-0.05, 0) is 48.2 Å². The summed E-state index contributed by atoms with van der Waals surface area (Å²) in [5.74, 6) is -0.169. The van der Waals surface area contributed by atoms with E-state index in [9.17, 15) is 13.2 Å². The lowest BCUT2D eigenvalue weighted by molar-refractivity contribution is -0.121. The molecule has 1 N–H and O–H groups in total. The molecule has 0 aliphatic carbocycles. The zero-order chi connectivity index (χ0) is 24.0. The van der Waals surface area contributed by atoms with Crippen molar-refractivity contribution in [1.82, 2.24) is 5.32 Å².